The van der Waals surface area contributed by atoms with Crippen molar-refractivity contribution in [2.45, 2.75) is 13.0 Å². The summed E-state index contributed by atoms with van der Waals surface area (Å²) in [5.74, 6) is 0.601. The fourth-order valence-electron chi connectivity index (χ4n) is 6.12. The maximum absolute atomic E-state index is 14.6. The molecule has 1 aliphatic carbocycles. The Morgan fingerprint density at radius 2 is 1.75 bits per heavy atom. The van der Waals surface area contributed by atoms with Gasteiger partial charge in [-0.3, -0.25) is 13.9 Å². The van der Waals surface area contributed by atoms with Crippen LogP contribution in [0.1, 0.15) is 16.9 Å². The smallest absolute Gasteiger partial charge is 0.333 e. The molecule has 1 aromatic heterocycles. The molecule has 2 aromatic carbocycles. The van der Waals surface area contributed by atoms with E-state index in [-0.39, 0.29) is 17.5 Å². The summed E-state index contributed by atoms with van der Waals surface area (Å²) < 4.78 is 20.0. The maximum atomic E-state index is 14.6. The molecule has 232 valence electrons. The van der Waals surface area contributed by atoms with Crippen LogP contribution in [-0.4, -0.2) is 92.7 Å². The molecule has 6 rings (SSSR count). The predicted octanol–water partition coefficient (Wildman–Crippen LogP) is 3.31. The number of morpholine rings is 1. The summed E-state index contributed by atoms with van der Waals surface area (Å²) in [4.78, 5) is 33.2. The van der Waals surface area contributed by atoms with E-state index in [0.29, 0.717) is 57.4 Å². The third-order valence-corrected chi connectivity index (χ3v) is 8.35. The summed E-state index contributed by atoms with van der Waals surface area (Å²) in [6.45, 7) is 6.80. The van der Waals surface area contributed by atoms with Gasteiger partial charge in [-0.25, -0.2) is 4.79 Å². The number of methoxy groups -OCH3 is 1. The number of benzene rings is 2. The van der Waals surface area contributed by atoms with Crippen LogP contribution in [0.2, 0.25) is 0 Å². The fraction of sp³-hybridized carbons (Fsp3) is 0.412. The van der Waals surface area contributed by atoms with E-state index in [2.05, 4.69) is 28.4 Å². The van der Waals surface area contributed by atoms with Crippen molar-refractivity contribution in [3.05, 3.63) is 94.8 Å². The number of nitrogens with one attached hydrogen (secondary N) is 1. The monoisotopic (exact) mass is 599 g/mol. The van der Waals surface area contributed by atoms with Gasteiger partial charge in [0.25, 0.3) is 5.91 Å². The van der Waals surface area contributed by atoms with Crippen molar-refractivity contribution >= 4 is 11.6 Å². The number of hydrogen-bond acceptors (Lipinski definition) is 7. The van der Waals surface area contributed by atoms with Crippen LogP contribution in [-0.2, 0) is 20.8 Å². The van der Waals surface area contributed by atoms with Crippen LogP contribution in [0, 0.1) is 5.92 Å². The molecule has 10 nitrogen and oxygen atoms in total. The minimum absolute atomic E-state index is 0.0241. The van der Waals surface area contributed by atoms with Gasteiger partial charge in [-0.15, -0.1) is 0 Å². The van der Waals surface area contributed by atoms with Crippen LogP contribution >= 0.6 is 0 Å². The number of piperazine rings is 1. The summed E-state index contributed by atoms with van der Waals surface area (Å²) in [6.07, 6.45) is 6.82. The number of anilines is 1. The Bertz CT molecular complexity index is 1550. The second kappa shape index (κ2) is 14.1. The molecule has 2 fully saturated rings. The van der Waals surface area contributed by atoms with Gasteiger partial charge in [0.15, 0.2) is 0 Å². The summed E-state index contributed by atoms with van der Waals surface area (Å²) >= 11 is 0. The standard InChI is InChI=1S/C34H41N5O5/c1-42-21-22-44-30-12-5-7-26(23-30)25-38-32(33(40)37-15-13-35-14-16-37)31(27-8-3-2-4-9-27)39(34(38)41)29-11-6-10-28(24-29)36-17-19-43-20-18-36/h2-6,8-12,23-24,26,35H,7,13-22,25H2,1H3. The third kappa shape index (κ3) is 6.52. The van der Waals surface area contributed by atoms with Crippen molar-refractivity contribution in [2.75, 3.05) is 77.7 Å². The van der Waals surface area contributed by atoms with E-state index in [1.807, 2.05) is 59.5 Å². The third-order valence-electron chi connectivity index (χ3n) is 8.35. The average molecular weight is 600 g/mol. The van der Waals surface area contributed by atoms with Crippen LogP contribution in [0.3, 0.4) is 0 Å². The average Bonchev–Trinajstić information content (AvgIpc) is 3.37. The van der Waals surface area contributed by atoms with Crippen LogP contribution in [0.5, 0.6) is 0 Å². The number of rotatable bonds is 10. The first-order chi connectivity index (χ1) is 21.6. The maximum Gasteiger partial charge on any atom is 0.333 e. The Morgan fingerprint density at radius 3 is 2.52 bits per heavy atom. The van der Waals surface area contributed by atoms with E-state index in [9.17, 15) is 9.59 Å². The summed E-state index contributed by atoms with van der Waals surface area (Å²) in [5, 5.41) is 3.33. The minimum Gasteiger partial charge on any atom is -0.492 e. The number of ether oxygens (including phenoxy) is 3. The van der Waals surface area contributed by atoms with Crippen LogP contribution in [0.4, 0.5) is 5.69 Å². The second-order valence-electron chi connectivity index (χ2n) is 11.3. The normalized spacial score (nSPS) is 18.8. The molecule has 1 N–H and O–H groups in total. The molecule has 1 atom stereocenters. The van der Waals surface area contributed by atoms with Gasteiger partial charge in [0.1, 0.15) is 18.1 Å². The predicted molar refractivity (Wildman–Crippen MR) is 170 cm³/mol. The highest BCUT2D eigenvalue weighted by atomic mass is 16.5. The Hall–Kier alpha value is -4.12. The molecule has 10 heteroatoms. The zero-order valence-electron chi connectivity index (χ0n) is 25.3. The lowest BCUT2D eigenvalue weighted by Gasteiger charge is -2.29. The highest BCUT2D eigenvalue weighted by Crippen LogP contribution is 2.31. The van der Waals surface area contributed by atoms with Gasteiger partial charge in [0.2, 0.25) is 0 Å². The molecule has 3 heterocycles. The molecule has 0 radical (unpaired) electrons. The van der Waals surface area contributed by atoms with Gasteiger partial charge >= 0.3 is 5.69 Å². The topological polar surface area (TPSA) is 90.2 Å². The molecule has 0 saturated carbocycles. The van der Waals surface area contributed by atoms with Crippen molar-refractivity contribution in [3.8, 4) is 16.9 Å². The molecule has 44 heavy (non-hydrogen) atoms. The molecule has 0 bridgehead atoms. The highest BCUT2D eigenvalue weighted by molar-refractivity contribution is 5.99. The molecule has 0 spiro atoms. The second-order valence-corrected chi connectivity index (χ2v) is 11.3. The molecular weight excluding hydrogens is 558 g/mol. The van der Waals surface area contributed by atoms with Crippen LogP contribution in [0.15, 0.2) is 83.4 Å². The first-order valence-corrected chi connectivity index (χ1v) is 15.5. The quantitative estimate of drug-likeness (QED) is 0.358. The zero-order valence-corrected chi connectivity index (χ0v) is 25.3. The summed E-state index contributed by atoms with van der Waals surface area (Å²) in [6, 6.07) is 17.8. The molecule has 1 unspecified atom stereocenters. The molecule has 3 aliphatic rings. The highest BCUT2D eigenvalue weighted by Gasteiger charge is 2.32. The number of carbonyl (C=O) groups excluding carboxylic acids is 1. The molecule has 2 saturated heterocycles. The lowest BCUT2D eigenvalue weighted by atomic mass is 9.99. The van der Waals surface area contributed by atoms with Crippen molar-refractivity contribution in [1.82, 2.24) is 19.4 Å². The van der Waals surface area contributed by atoms with Gasteiger partial charge in [-0.05, 0) is 36.8 Å². The van der Waals surface area contributed by atoms with E-state index < -0.39 is 0 Å². The van der Waals surface area contributed by atoms with Gasteiger partial charge in [-0.2, -0.15) is 0 Å². The van der Waals surface area contributed by atoms with Gasteiger partial charge in [0, 0.05) is 70.1 Å². The minimum atomic E-state index is -0.230. The van der Waals surface area contributed by atoms with Crippen molar-refractivity contribution in [2.24, 2.45) is 5.92 Å². The molecule has 2 aliphatic heterocycles. The first kappa shape index (κ1) is 29.9. The SMILES string of the molecule is COCCOC1=CC(Cn2c(C(=O)N3CCNCC3)c(-c3ccccc3)n(-c3cccc(N4CCOCC4)c3)c2=O)CC=C1. The van der Waals surface area contributed by atoms with Gasteiger partial charge < -0.3 is 29.3 Å². The number of carbonyl (C=O) groups is 1. The van der Waals surface area contributed by atoms with Crippen molar-refractivity contribution in [1.29, 1.82) is 0 Å². The number of hydrogen-bond donors (Lipinski definition) is 1. The molecule has 3 aromatic rings. The van der Waals surface area contributed by atoms with E-state index in [1.54, 1.807) is 16.2 Å². The van der Waals surface area contributed by atoms with Crippen LogP contribution < -0.4 is 15.9 Å². The Balaban J connectivity index is 1.48. The van der Waals surface area contributed by atoms with E-state index in [4.69, 9.17) is 14.2 Å². The molecular formula is C34H41N5O5. The first-order valence-electron chi connectivity index (χ1n) is 15.5. The number of aromatic nitrogens is 2. The zero-order chi connectivity index (χ0) is 30.3. The Morgan fingerprint density at radius 1 is 0.977 bits per heavy atom. The number of amides is 1. The molecule has 1 amide bonds. The number of allylic oxidation sites excluding steroid dienone is 3. The van der Waals surface area contributed by atoms with E-state index in [0.717, 1.165) is 55.3 Å². The van der Waals surface area contributed by atoms with Gasteiger partial charge in [0.05, 0.1) is 31.2 Å². The number of nitrogens with zero attached hydrogens (tertiary/aromatic N) is 4. The van der Waals surface area contributed by atoms with Gasteiger partial charge in [-0.1, -0.05) is 42.5 Å². The summed E-state index contributed by atoms with van der Waals surface area (Å²) in [7, 11) is 1.65. The van der Waals surface area contributed by atoms with E-state index >= 15 is 0 Å². The lowest BCUT2D eigenvalue weighted by molar-refractivity contribution is 0.0724. The van der Waals surface area contributed by atoms with Crippen molar-refractivity contribution in [3.63, 3.8) is 0 Å². The van der Waals surface area contributed by atoms with Crippen LogP contribution in [0.25, 0.3) is 16.9 Å². The number of imidazole rings is 1. The fourth-order valence-corrected chi connectivity index (χ4v) is 6.12. The summed E-state index contributed by atoms with van der Waals surface area (Å²) in [5.41, 5.74) is 3.38. The Labute approximate surface area is 258 Å². The Kier molecular flexibility index (Phi) is 9.60. The van der Waals surface area contributed by atoms with Crippen molar-refractivity contribution < 1.29 is 19.0 Å². The lowest BCUT2D eigenvalue weighted by Crippen LogP contribution is -2.47. The van der Waals surface area contributed by atoms with E-state index in [1.165, 1.54) is 0 Å². The largest absolute Gasteiger partial charge is 0.492 e.